The number of carboxylic acids is 1. The Morgan fingerprint density at radius 2 is 1.96 bits per heavy atom. The molecule has 0 bridgehead atoms. The highest BCUT2D eigenvalue weighted by atomic mass is 32.1. The fraction of sp³-hybridized carbons (Fsp3) is 0.235. The molecule has 0 aliphatic heterocycles. The van der Waals surface area contributed by atoms with E-state index in [4.69, 9.17) is 0 Å². The highest BCUT2D eigenvalue weighted by Gasteiger charge is 2.21. The van der Waals surface area contributed by atoms with Gasteiger partial charge in [0.15, 0.2) is 0 Å². The fourth-order valence-corrected chi connectivity index (χ4v) is 3.65. The first-order chi connectivity index (χ1) is 11.4. The second-order valence-corrected chi connectivity index (χ2v) is 6.49. The molecule has 0 aliphatic rings. The Hall–Kier alpha value is -2.54. The summed E-state index contributed by atoms with van der Waals surface area (Å²) in [6.07, 6.45) is 0. The number of nitrogens with zero attached hydrogens (tertiary/aromatic N) is 2. The Balaban J connectivity index is 2.36. The van der Waals surface area contributed by atoms with Crippen molar-refractivity contribution in [2.75, 3.05) is 6.67 Å². The van der Waals surface area contributed by atoms with Gasteiger partial charge in [0.2, 0.25) is 0 Å². The van der Waals surface area contributed by atoms with Gasteiger partial charge in [0, 0.05) is 5.56 Å². The number of thiophene rings is 1. The molecule has 0 radical (unpaired) electrons. The van der Waals surface area contributed by atoms with Crippen LogP contribution in [-0.2, 0) is 6.54 Å². The maximum Gasteiger partial charge on any atom is 0.346 e. The third kappa shape index (κ3) is 2.60. The van der Waals surface area contributed by atoms with Crippen LogP contribution in [0.15, 0.2) is 29.1 Å². The number of benzene rings is 1. The van der Waals surface area contributed by atoms with Crippen molar-refractivity contribution in [2.24, 2.45) is 0 Å². The molecule has 0 fully saturated rings. The largest absolute Gasteiger partial charge is 0.477 e. The summed E-state index contributed by atoms with van der Waals surface area (Å²) in [6, 6.07) is 7.40. The van der Waals surface area contributed by atoms with Crippen molar-refractivity contribution in [1.82, 2.24) is 9.55 Å². The van der Waals surface area contributed by atoms with Crippen LogP contribution in [-0.4, -0.2) is 27.3 Å². The molecular weight excluding hydrogens is 331 g/mol. The molecule has 0 aliphatic carbocycles. The predicted octanol–water partition coefficient (Wildman–Crippen LogP) is 3.41. The van der Waals surface area contributed by atoms with Crippen molar-refractivity contribution in [2.45, 2.75) is 20.4 Å². The third-order valence-corrected chi connectivity index (χ3v) is 5.04. The van der Waals surface area contributed by atoms with Crippen LogP contribution in [0.3, 0.4) is 0 Å². The summed E-state index contributed by atoms with van der Waals surface area (Å²) in [5.41, 5.74) is 1.72. The number of aromatic nitrogens is 2. The van der Waals surface area contributed by atoms with E-state index in [-0.39, 0.29) is 16.8 Å². The molecule has 1 N–H and O–H groups in total. The predicted molar refractivity (Wildman–Crippen MR) is 91.7 cm³/mol. The summed E-state index contributed by atoms with van der Waals surface area (Å²) >= 11 is 0.967. The summed E-state index contributed by atoms with van der Waals surface area (Å²) in [4.78, 5) is 29.0. The van der Waals surface area contributed by atoms with Gasteiger partial charge >= 0.3 is 5.97 Å². The Morgan fingerprint density at radius 1 is 1.29 bits per heavy atom. The van der Waals surface area contributed by atoms with Crippen molar-refractivity contribution in [1.29, 1.82) is 0 Å². The maximum absolute atomic E-state index is 13.0. The van der Waals surface area contributed by atoms with Gasteiger partial charge in [-0.05, 0) is 19.4 Å². The quantitative estimate of drug-likeness (QED) is 0.786. The summed E-state index contributed by atoms with van der Waals surface area (Å²) < 4.78 is 14.2. The van der Waals surface area contributed by atoms with Crippen LogP contribution < -0.4 is 5.56 Å². The molecule has 0 spiro atoms. The van der Waals surface area contributed by atoms with E-state index >= 15 is 0 Å². The molecule has 0 amide bonds. The Kier molecular flexibility index (Phi) is 4.19. The molecule has 0 saturated heterocycles. The number of fused-ring (bicyclic) bond motifs is 1. The van der Waals surface area contributed by atoms with E-state index < -0.39 is 18.2 Å². The standard InChI is InChI=1S/C17H15FN2O3S/c1-9-3-5-11(6-4-9)14-19-15-12(16(21)20(14)8-7-18)10(2)13(24-15)17(22)23/h3-6H,7-8H2,1-2H3,(H,22,23). The van der Waals surface area contributed by atoms with Crippen LogP contribution in [0.25, 0.3) is 21.6 Å². The van der Waals surface area contributed by atoms with E-state index in [0.717, 1.165) is 16.9 Å². The molecule has 0 atom stereocenters. The topological polar surface area (TPSA) is 72.2 Å². The molecule has 2 aromatic heterocycles. The first-order valence-corrected chi connectivity index (χ1v) is 8.16. The Labute approximate surface area is 141 Å². The number of alkyl halides is 1. The fourth-order valence-electron chi connectivity index (χ4n) is 2.64. The van der Waals surface area contributed by atoms with Crippen LogP contribution in [0.1, 0.15) is 20.8 Å². The number of hydrogen-bond donors (Lipinski definition) is 1. The number of halogens is 1. The van der Waals surface area contributed by atoms with Crippen molar-refractivity contribution >= 4 is 27.5 Å². The van der Waals surface area contributed by atoms with Crippen molar-refractivity contribution < 1.29 is 14.3 Å². The van der Waals surface area contributed by atoms with Gasteiger partial charge in [-0.2, -0.15) is 0 Å². The zero-order valence-electron chi connectivity index (χ0n) is 13.2. The molecule has 2 heterocycles. The van der Waals surface area contributed by atoms with E-state index in [1.165, 1.54) is 4.57 Å². The second-order valence-electron chi connectivity index (χ2n) is 5.49. The van der Waals surface area contributed by atoms with E-state index in [0.29, 0.717) is 21.8 Å². The smallest absolute Gasteiger partial charge is 0.346 e. The number of aromatic carboxylic acids is 1. The highest BCUT2D eigenvalue weighted by Crippen LogP contribution is 2.29. The molecule has 3 rings (SSSR count). The van der Waals surface area contributed by atoms with Crippen molar-refractivity contribution in [3.05, 3.63) is 50.6 Å². The molecule has 3 aromatic rings. The van der Waals surface area contributed by atoms with Gasteiger partial charge in [-0.15, -0.1) is 11.3 Å². The normalized spacial score (nSPS) is 11.1. The summed E-state index contributed by atoms with van der Waals surface area (Å²) in [7, 11) is 0. The molecule has 5 nitrogen and oxygen atoms in total. The zero-order chi connectivity index (χ0) is 17.4. The first-order valence-electron chi connectivity index (χ1n) is 7.34. The van der Waals surface area contributed by atoms with Gasteiger partial charge < -0.3 is 5.11 Å². The lowest BCUT2D eigenvalue weighted by atomic mass is 10.1. The van der Waals surface area contributed by atoms with Gasteiger partial charge in [0.1, 0.15) is 22.2 Å². The van der Waals surface area contributed by atoms with Crippen LogP contribution in [0.5, 0.6) is 0 Å². The number of carboxylic acid groups (broad SMARTS) is 1. The van der Waals surface area contributed by atoms with Gasteiger partial charge in [-0.1, -0.05) is 29.8 Å². The van der Waals surface area contributed by atoms with Gasteiger partial charge in [0.05, 0.1) is 11.9 Å². The SMILES string of the molecule is Cc1ccc(-c2nc3sc(C(=O)O)c(C)c3c(=O)n2CCF)cc1. The monoisotopic (exact) mass is 346 g/mol. The lowest BCUT2D eigenvalue weighted by molar-refractivity contribution is 0.0701. The minimum Gasteiger partial charge on any atom is -0.477 e. The first kappa shape index (κ1) is 16.3. The summed E-state index contributed by atoms with van der Waals surface area (Å²) in [6.45, 7) is 2.69. The number of aryl methyl sites for hydroxylation is 2. The molecule has 0 saturated carbocycles. The van der Waals surface area contributed by atoms with Gasteiger partial charge in [-0.3, -0.25) is 9.36 Å². The molecule has 24 heavy (non-hydrogen) atoms. The van der Waals surface area contributed by atoms with Crippen molar-refractivity contribution in [3.63, 3.8) is 0 Å². The number of carbonyl (C=O) groups is 1. The summed E-state index contributed by atoms with van der Waals surface area (Å²) in [5, 5.41) is 9.51. The number of rotatable bonds is 4. The van der Waals surface area contributed by atoms with Gasteiger partial charge in [0.25, 0.3) is 5.56 Å². The van der Waals surface area contributed by atoms with Crippen LogP contribution in [0.2, 0.25) is 0 Å². The van der Waals surface area contributed by atoms with E-state index in [2.05, 4.69) is 4.98 Å². The minimum absolute atomic E-state index is 0.0856. The molecule has 0 unspecified atom stereocenters. The van der Waals surface area contributed by atoms with Crippen LogP contribution >= 0.6 is 11.3 Å². The van der Waals surface area contributed by atoms with Crippen LogP contribution in [0, 0.1) is 13.8 Å². The minimum atomic E-state index is -1.09. The maximum atomic E-state index is 13.0. The lowest BCUT2D eigenvalue weighted by Crippen LogP contribution is -2.24. The molecular formula is C17H15FN2O3S. The van der Waals surface area contributed by atoms with Gasteiger partial charge in [-0.25, -0.2) is 14.2 Å². The van der Waals surface area contributed by atoms with E-state index in [1.807, 2.05) is 31.2 Å². The van der Waals surface area contributed by atoms with E-state index in [9.17, 15) is 19.1 Å². The Bertz CT molecular complexity index is 990. The third-order valence-electron chi connectivity index (χ3n) is 3.86. The highest BCUT2D eigenvalue weighted by molar-refractivity contribution is 7.20. The number of hydrogen-bond acceptors (Lipinski definition) is 4. The molecule has 124 valence electrons. The summed E-state index contributed by atoms with van der Waals surface area (Å²) in [5.74, 6) is -0.743. The molecule has 7 heteroatoms. The average Bonchev–Trinajstić information content (AvgIpc) is 2.88. The lowest BCUT2D eigenvalue weighted by Gasteiger charge is -2.11. The van der Waals surface area contributed by atoms with Crippen LogP contribution in [0.4, 0.5) is 4.39 Å². The molecule has 1 aromatic carbocycles. The Morgan fingerprint density at radius 3 is 2.54 bits per heavy atom. The van der Waals surface area contributed by atoms with Crippen molar-refractivity contribution in [3.8, 4) is 11.4 Å². The zero-order valence-corrected chi connectivity index (χ0v) is 14.0. The second kappa shape index (κ2) is 6.16. The van der Waals surface area contributed by atoms with E-state index in [1.54, 1.807) is 6.92 Å². The average molecular weight is 346 g/mol.